The van der Waals surface area contributed by atoms with Gasteiger partial charge in [0.1, 0.15) is 12.3 Å². The SMILES string of the molecule is COc1ccc(NC(=O)CN(c2cccc(Br)c2)S(=O)(=O)c2ccc(C)cc2)cc1Cl. The van der Waals surface area contributed by atoms with Crippen molar-refractivity contribution in [1.29, 1.82) is 0 Å². The summed E-state index contributed by atoms with van der Waals surface area (Å²) in [7, 11) is -2.50. The van der Waals surface area contributed by atoms with Gasteiger partial charge in [-0.15, -0.1) is 0 Å². The molecule has 0 saturated heterocycles. The van der Waals surface area contributed by atoms with Gasteiger partial charge in [0.15, 0.2) is 0 Å². The summed E-state index contributed by atoms with van der Waals surface area (Å²) in [5.74, 6) is -0.0470. The number of nitrogens with zero attached hydrogens (tertiary/aromatic N) is 1. The number of benzene rings is 3. The molecule has 0 heterocycles. The normalized spacial score (nSPS) is 11.1. The highest BCUT2D eigenvalue weighted by molar-refractivity contribution is 9.10. The zero-order valence-corrected chi connectivity index (χ0v) is 20.0. The molecule has 1 amide bonds. The Hall–Kier alpha value is -2.55. The van der Waals surface area contributed by atoms with Crippen molar-refractivity contribution in [3.05, 3.63) is 81.8 Å². The van der Waals surface area contributed by atoms with Crippen molar-refractivity contribution in [3.8, 4) is 5.75 Å². The number of methoxy groups -OCH3 is 1. The number of carbonyl (C=O) groups is 1. The highest BCUT2D eigenvalue weighted by atomic mass is 79.9. The third-order valence-electron chi connectivity index (χ3n) is 4.43. The van der Waals surface area contributed by atoms with Crippen LogP contribution in [0.2, 0.25) is 5.02 Å². The number of anilines is 2. The first-order chi connectivity index (χ1) is 14.7. The maximum absolute atomic E-state index is 13.4. The van der Waals surface area contributed by atoms with Gasteiger partial charge in [0, 0.05) is 10.2 Å². The van der Waals surface area contributed by atoms with E-state index < -0.39 is 22.5 Å². The molecule has 0 aliphatic rings. The molecule has 6 nitrogen and oxygen atoms in total. The van der Waals surface area contributed by atoms with E-state index in [2.05, 4.69) is 21.2 Å². The Labute approximate surface area is 195 Å². The van der Waals surface area contributed by atoms with Crippen molar-refractivity contribution in [2.24, 2.45) is 0 Å². The van der Waals surface area contributed by atoms with Gasteiger partial charge in [0.2, 0.25) is 5.91 Å². The lowest BCUT2D eigenvalue weighted by molar-refractivity contribution is -0.114. The largest absolute Gasteiger partial charge is 0.495 e. The molecule has 162 valence electrons. The number of ether oxygens (including phenoxy) is 1. The molecule has 0 saturated carbocycles. The van der Waals surface area contributed by atoms with E-state index in [0.717, 1.165) is 9.87 Å². The molecule has 0 fully saturated rings. The Morgan fingerprint density at radius 2 is 1.81 bits per heavy atom. The maximum Gasteiger partial charge on any atom is 0.264 e. The summed E-state index contributed by atoms with van der Waals surface area (Å²) in [6.07, 6.45) is 0. The fourth-order valence-corrected chi connectivity index (χ4v) is 4.92. The lowest BCUT2D eigenvalue weighted by Gasteiger charge is -2.24. The molecular formula is C22H20BrClN2O4S. The molecule has 9 heteroatoms. The fraction of sp³-hybridized carbons (Fsp3) is 0.136. The number of nitrogens with one attached hydrogen (secondary N) is 1. The molecule has 0 aliphatic heterocycles. The van der Waals surface area contributed by atoms with Crippen molar-refractivity contribution >= 4 is 54.8 Å². The predicted molar refractivity (Wildman–Crippen MR) is 126 cm³/mol. The first kappa shape index (κ1) is 23.1. The summed E-state index contributed by atoms with van der Waals surface area (Å²) < 4.78 is 33.6. The van der Waals surface area contributed by atoms with Gasteiger partial charge in [-0.05, 0) is 55.5 Å². The van der Waals surface area contributed by atoms with Crippen LogP contribution in [0.4, 0.5) is 11.4 Å². The van der Waals surface area contributed by atoms with Crippen LogP contribution in [0.5, 0.6) is 5.75 Å². The minimum atomic E-state index is -3.99. The Balaban J connectivity index is 1.92. The molecule has 0 spiro atoms. The number of sulfonamides is 1. The van der Waals surface area contributed by atoms with E-state index in [-0.39, 0.29) is 4.90 Å². The van der Waals surface area contributed by atoms with Crippen LogP contribution >= 0.6 is 27.5 Å². The highest BCUT2D eigenvalue weighted by Gasteiger charge is 2.27. The van der Waals surface area contributed by atoms with E-state index in [0.29, 0.717) is 26.6 Å². The van der Waals surface area contributed by atoms with E-state index in [1.807, 2.05) is 6.92 Å². The monoisotopic (exact) mass is 522 g/mol. The minimum absolute atomic E-state index is 0.0957. The second-order valence-electron chi connectivity index (χ2n) is 6.70. The van der Waals surface area contributed by atoms with E-state index in [4.69, 9.17) is 16.3 Å². The maximum atomic E-state index is 13.4. The summed E-state index contributed by atoms with van der Waals surface area (Å²) in [5.41, 5.74) is 1.72. The van der Waals surface area contributed by atoms with Crippen LogP contribution in [-0.4, -0.2) is 28.0 Å². The van der Waals surface area contributed by atoms with Crippen LogP contribution < -0.4 is 14.4 Å². The molecule has 0 aromatic heterocycles. The fourth-order valence-electron chi connectivity index (χ4n) is 2.86. The van der Waals surface area contributed by atoms with E-state index in [1.54, 1.807) is 48.5 Å². The summed E-state index contributed by atoms with van der Waals surface area (Å²) in [6.45, 7) is 1.45. The number of hydrogen-bond donors (Lipinski definition) is 1. The van der Waals surface area contributed by atoms with Gasteiger partial charge in [-0.2, -0.15) is 0 Å². The molecule has 0 radical (unpaired) electrons. The van der Waals surface area contributed by atoms with Gasteiger partial charge < -0.3 is 10.1 Å². The second kappa shape index (κ2) is 9.72. The molecule has 3 rings (SSSR count). The predicted octanol–water partition coefficient (Wildman–Crippen LogP) is 5.25. The first-order valence-corrected chi connectivity index (χ1v) is 11.8. The van der Waals surface area contributed by atoms with Gasteiger partial charge in [-0.25, -0.2) is 8.42 Å². The van der Waals surface area contributed by atoms with Crippen LogP contribution in [0.1, 0.15) is 5.56 Å². The van der Waals surface area contributed by atoms with Crippen molar-refractivity contribution in [3.63, 3.8) is 0 Å². The number of hydrogen-bond acceptors (Lipinski definition) is 4. The average Bonchev–Trinajstić information content (AvgIpc) is 2.72. The zero-order chi connectivity index (χ0) is 22.6. The van der Waals surface area contributed by atoms with Crippen molar-refractivity contribution in [2.45, 2.75) is 11.8 Å². The standard InChI is InChI=1S/C22H20BrClN2O4S/c1-15-6-9-19(10-7-15)31(28,29)26(18-5-3-4-16(23)12-18)14-22(27)25-17-8-11-21(30-2)20(24)13-17/h3-13H,14H2,1-2H3,(H,25,27). The number of carbonyl (C=O) groups excluding carboxylic acids is 1. The van der Waals surface area contributed by atoms with Crippen LogP contribution in [0, 0.1) is 6.92 Å². The van der Waals surface area contributed by atoms with Crippen LogP contribution in [0.15, 0.2) is 76.1 Å². The summed E-state index contributed by atoms with van der Waals surface area (Å²) in [4.78, 5) is 12.9. The minimum Gasteiger partial charge on any atom is -0.495 e. The molecule has 0 aliphatic carbocycles. The third-order valence-corrected chi connectivity index (χ3v) is 7.00. The molecular weight excluding hydrogens is 504 g/mol. The Morgan fingerprint density at radius 3 is 2.42 bits per heavy atom. The topological polar surface area (TPSA) is 75.7 Å². The van der Waals surface area contributed by atoms with Gasteiger partial charge >= 0.3 is 0 Å². The molecule has 0 bridgehead atoms. The van der Waals surface area contributed by atoms with Gasteiger partial charge in [0.05, 0.1) is 22.7 Å². The molecule has 31 heavy (non-hydrogen) atoms. The van der Waals surface area contributed by atoms with Gasteiger partial charge in [-0.1, -0.05) is 51.3 Å². The molecule has 0 unspecified atom stereocenters. The summed E-state index contributed by atoms with van der Waals surface area (Å²) >= 11 is 9.47. The average molecular weight is 524 g/mol. The third kappa shape index (κ3) is 5.58. The van der Waals surface area contributed by atoms with Crippen LogP contribution in [0.25, 0.3) is 0 Å². The molecule has 0 atom stereocenters. The van der Waals surface area contributed by atoms with Crippen molar-refractivity contribution < 1.29 is 17.9 Å². The Morgan fingerprint density at radius 1 is 1.10 bits per heavy atom. The van der Waals surface area contributed by atoms with Crippen molar-refractivity contribution in [1.82, 2.24) is 0 Å². The zero-order valence-electron chi connectivity index (χ0n) is 16.8. The summed E-state index contributed by atoms with van der Waals surface area (Å²) in [6, 6.07) is 18.0. The van der Waals surface area contributed by atoms with E-state index >= 15 is 0 Å². The Bertz CT molecular complexity index is 1200. The number of halogens is 2. The molecule has 3 aromatic rings. The van der Waals surface area contributed by atoms with E-state index in [9.17, 15) is 13.2 Å². The van der Waals surface area contributed by atoms with Crippen molar-refractivity contribution in [2.75, 3.05) is 23.3 Å². The van der Waals surface area contributed by atoms with E-state index in [1.165, 1.54) is 25.3 Å². The smallest absolute Gasteiger partial charge is 0.264 e. The highest BCUT2D eigenvalue weighted by Crippen LogP contribution is 2.29. The van der Waals surface area contributed by atoms with Crippen LogP contribution in [-0.2, 0) is 14.8 Å². The van der Waals surface area contributed by atoms with Crippen LogP contribution in [0.3, 0.4) is 0 Å². The lowest BCUT2D eigenvalue weighted by atomic mass is 10.2. The summed E-state index contributed by atoms with van der Waals surface area (Å²) in [5, 5.41) is 3.01. The number of aryl methyl sites for hydroxylation is 1. The molecule has 3 aromatic carbocycles. The number of amides is 1. The lowest BCUT2D eigenvalue weighted by Crippen LogP contribution is -2.38. The number of rotatable bonds is 7. The quantitative estimate of drug-likeness (QED) is 0.459. The van der Waals surface area contributed by atoms with Gasteiger partial charge in [0.25, 0.3) is 10.0 Å². The first-order valence-electron chi connectivity index (χ1n) is 9.19. The van der Waals surface area contributed by atoms with Gasteiger partial charge in [-0.3, -0.25) is 9.10 Å². The Kier molecular flexibility index (Phi) is 7.25. The second-order valence-corrected chi connectivity index (χ2v) is 9.89. The molecule has 1 N–H and O–H groups in total.